The van der Waals surface area contributed by atoms with Gasteiger partial charge in [0.25, 0.3) is 0 Å². The Morgan fingerprint density at radius 1 is 1.21 bits per heavy atom. The topological polar surface area (TPSA) is 92.3 Å². The van der Waals surface area contributed by atoms with E-state index in [1.807, 2.05) is 25.1 Å². The van der Waals surface area contributed by atoms with Crippen LogP contribution in [0.5, 0.6) is 11.5 Å². The van der Waals surface area contributed by atoms with Crippen molar-refractivity contribution in [3.63, 3.8) is 0 Å². The molecule has 2 aromatic rings. The molecule has 0 saturated carbocycles. The second-order valence-corrected chi connectivity index (χ2v) is 6.64. The molecule has 0 saturated heterocycles. The maximum atomic E-state index is 11.6. The zero-order valence-electron chi connectivity index (χ0n) is 15.4. The van der Waals surface area contributed by atoms with E-state index in [2.05, 4.69) is 33.4 Å². The molecule has 6 nitrogen and oxygen atoms in total. The van der Waals surface area contributed by atoms with Crippen LogP contribution in [0.25, 0.3) is 6.08 Å². The lowest BCUT2D eigenvalue weighted by molar-refractivity contribution is -0.135. The predicted octanol–water partition coefficient (Wildman–Crippen LogP) is 4.22. The van der Waals surface area contributed by atoms with Crippen molar-refractivity contribution >= 4 is 34.6 Å². The van der Waals surface area contributed by atoms with Gasteiger partial charge in [-0.1, -0.05) is 18.2 Å². The third-order valence-corrected chi connectivity index (χ3v) is 4.48. The summed E-state index contributed by atoms with van der Waals surface area (Å²) in [6.07, 6.45) is 1.44. The summed E-state index contributed by atoms with van der Waals surface area (Å²) in [4.78, 5) is 11.6. The molecule has 0 unspecified atom stereocenters. The van der Waals surface area contributed by atoms with Gasteiger partial charge in [0, 0.05) is 5.56 Å². The minimum atomic E-state index is -0.705. The molecule has 0 N–H and O–H groups in total. The molecular formula is C21H17IN2O4. The second-order valence-electron chi connectivity index (χ2n) is 5.48. The Labute approximate surface area is 177 Å². The molecule has 0 spiro atoms. The number of halogens is 1. The number of esters is 1. The van der Waals surface area contributed by atoms with E-state index >= 15 is 0 Å². The van der Waals surface area contributed by atoms with Crippen molar-refractivity contribution in [3.05, 3.63) is 62.2 Å². The number of ether oxygens (including phenoxy) is 3. The Morgan fingerprint density at radius 2 is 1.96 bits per heavy atom. The maximum absolute atomic E-state index is 11.6. The van der Waals surface area contributed by atoms with Crippen molar-refractivity contribution in [1.29, 1.82) is 10.5 Å². The van der Waals surface area contributed by atoms with Gasteiger partial charge in [-0.3, -0.25) is 0 Å². The average molecular weight is 488 g/mol. The molecule has 0 amide bonds. The normalized spacial score (nSPS) is 10.5. The van der Waals surface area contributed by atoms with Crippen LogP contribution < -0.4 is 9.47 Å². The number of carbonyl (C=O) groups excluding carboxylic acids is 1. The van der Waals surface area contributed by atoms with Crippen molar-refractivity contribution in [1.82, 2.24) is 0 Å². The molecule has 0 aliphatic carbocycles. The van der Waals surface area contributed by atoms with Gasteiger partial charge < -0.3 is 14.2 Å². The first kappa shape index (κ1) is 21.3. The lowest BCUT2D eigenvalue weighted by atomic mass is 10.1. The molecule has 7 heteroatoms. The van der Waals surface area contributed by atoms with E-state index < -0.39 is 5.97 Å². The molecule has 2 rings (SSSR count). The van der Waals surface area contributed by atoms with Crippen LogP contribution >= 0.6 is 22.6 Å². The van der Waals surface area contributed by atoms with Crippen LogP contribution in [0.3, 0.4) is 0 Å². The second kappa shape index (κ2) is 10.3. The summed E-state index contributed by atoms with van der Waals surface area (Å²) in [5.74, 6) is 0.310. The maximum Gasteiger partial charge on any atom is 0.348 e. The smallest absolute Gasteiger partial charge is 0.348 e. The average Bonchev–Trinajstić information content (AvgIpc) is 2.71. The zero-order chi connectivity index (χ0) is 20.5. The van der Waals surface area contributed by atoms with Gasteiger partial charge in [0.1, 0.15) is 18.2 Å². The highest BCUT2D eigenvalue weighted by atomic mass is 127. The van der Waals surface area contributed by atoms with Crippen molar-refractivity contribution in [3.8, 4) is 23.6 Å². The summed E-state index contributed by atoms with van der Waals surface area (Å²) < 4.78 is 17.0. The van der Waals surface area contributed by atoms with Crippen LogP contribution in [0.15, 0.2) is 42.0 Å². The van der Waals surface area contributed by atoms with Crippen LogP contribution in [0.1, 0.15) is 23.6 Å². The Kier molecular flexibility index (Phi) is 7.85. The molecule has 0 radical (unpaired) electrons. The van der Waals surface area contributed by atoms with Gasteiger partial charge >= 0.3 is 5.97 Å². The van der Waals surface area contributed by atoms with Crippen molar-refractivity contribution in [2.24, 2.45) is 0 Å². The molecule has 0 aliphatic rings. The van der Waals surface area contributed by atoms with Crippen molar-refractivity contribution in [2.45, 2.75) is 13.5 Å². The Bertz CT molecular complexity index is 987. The standard InChI is InChI=1S/C21H17IN2O4/c1-3-27-19-10-14(8-17(12-24)21(25)26-2)9-18(22)20(19)28-13-16-7-5-4-6-15(16)11-23/h4-10H,3,13H2,1-2H3. The molecular weight excluding hydrogens is 471 g/mol. The van der Waals surface area contributed by atoms with Gasteiger partial charge in [0.05, 0.1) is 28.9 Å². The molecule has 0 aliphatic heterocycles. The zero-order valence-corrected chi connectivity index (χ0v) is 17.5. The quantitative estimate of drug-likeness (QED) is 0.251. The Balaban J connectivity index is 2.38. The summed E-state index contributed by atoms with van der Waals surface area (Å²) in [5.41, 5.74) is 1.81. The summed E-state index contributed by atoms with van der Waals surface area (Å²) in [6, 6.07) is 14.6. The van der Waals surface area contributed by atoms with Crippen LogP contribution in [-0.2, 0) is 16.1 Å². The lowest BCUT2D eigenvalue weighted by Crippen LogP contribution is -2.04. The van der Waals surface area contributed by atoms with Gasteiger partial charge in [0.2, 0.25) is 0 Å². The van der Waals surface area contributed by atoms with Gasteiger partial charge in [-0.25, -0.2) is 4.79 Å². The van der Waals surface area contributed by atoms with Gasteiger partial charge in [-0.2, -0.15) is 10.5 Å². The SMILES string of the molecule is CCOc1cc(C=C(C#N)C(=O)OC)cc(I)c1OCc1ccccc1C#N. The summed E-state index contributed by atoms with van der Waals surface area (Å²) in [5, 5.41) is 18.4. The Morgan fingerprint density at radius 3 is 2.61 bits per heavy atom. The molecule has 0 bridgehead atoms. The molecule has 28 heavy (non-hydrogen) atoms. The number of hydrogen-bond acceptors (Lipinski definition) is 6. The number of methoxy groups -OCH3 is 1. The van der Waals surface area contributed by atoms with Crippen molar-refractivity contribution in [2.75, 3.05) is 13.7 Å². The van der Waals surface area contributed by atoms with E-state index in [9.17, 15) is 10.1 Å². The fraction of sp³-hybridized carbons (Fsp3) is 0.190. The lowest BCUT2D eigenvalue weighted by Gasteiger charge is -2.15. The number of nitriles is 2. The molecule has 0 atom stereocenters. The monoisotopic (exact) mass is 488 g/mol. The number of carbonyl (C=O) groups is 1. The first-order valence-electron chi connectivity index (χ1n) is 8.31. The van der Waals surface area contributed by atoms with Crippen molar-refractivity contribution < 1.29 is 19.0 Å². The number of hydrogen-bond donors (Lipinski definition) is 0. The van der Waals surface area contributed by atoms with E-state index in [4.69, 9.17) is 14.7 Å². The number of rotatable bonds is 7. The van der Waals surface area contributed by atoms with E-state index in [-0.39, 0.29) is 12.2 Å². The van der Waals surface area contributed by atoms with Gasteiger partial charge in [-0.05, 0) is 59.4 Å². The number of nitrogens with zero attached hydrogens (tertiary/aromatic N) is 2. The predicted molar refractivity (Wildman–Crippen MR) is 111 cm³/mol. The minimum Gasteiger partial charge on any atom is -0.490 e. The van der Waals surface area contributed by atoms with Crippen LogP contribution in [0, 0.1) is 26.2 Å². The van der Waals surface area contributed by atoms with Crippen LogP contribution in [0.2, 0.25) is 0 Å². The summed E-state index contributed by atoms with van der Waals surface area (Å²) >= 11 is 2.10. The number of benzene rings is 2. The van der Waals surface area contributed by atoms with E-state index in [0.717, 1.165) is 9.13 Å². The molecule has 142 valence electrons. The highest BCUT2D eigenvalue weighted by Crippen LogP contribution is 2.35. The molecule has 0 fully saturated rings. The highest BCUT2D eigenvalue weighted by Gasteiger charge is 2.15. The molecule has 0 aromatic heterocycles. The Hall–Kier alpha value is -3.04. The summed E-state index contributed by atoms with van der Waals surface area (Å²) in [7, 11) is 1.22. The van der Waals surface area contributed by atoms with Gasteiger partial charge in [-0.15, -0.1) is 0 Å². The van der Waals surface area contributed by atoms with Gasteiger partial charge in [0.15, 0.2) is 11.5 Å². The first-order chi connectivity index (χ1) is 13.5. The van der Waals surface area contributed by atoms with E-state index in [1.165, 1.54) is 13.2 Å². The largest absolute Gasteiger partial charge is 0.490 e. The fourth-order valence-electron chi connectivity index (χ4n) is 2.39. The third-order valence-electron chi connectivity index (χ3n) is 3.68. The van der Waals surface area contributed by atoms with E-state index in [1.54, 1.807) is 24.3 Å². The molecule has 2 aromatic carbocycles. The first-order valence-corrected chi connectivity index (χ1v) is 9.39. The molecule has 0 heterocycles. The fourth-order valence-corrected chi connectivity index (χ4v) is 3.17. The summed E-state index contributed by atoms with van der Waals surface area (Å²) in [6.45, 7) is 2.47. The van der Waals surface area contributed by atoms with Crippen LogP contribution in [0.4, 0.5) is 0 Å². The van der Waals surface area contributed by atoms with E-state index in [0.29, 0.717) is 29.2 Å². The minimum absolute atomic E-state index is 0.114. The van der Waals surface area contributed by atoms with Crippen LogP contribution in [-0.4, -0.2) is 19.7 Å². The highest BCUT2D eigenvalue weighted by molar-refractivity contribution is 14.1. The third kappa shape index (κ3) is 5.24.